The van der Waals surface area contributed by atoms with E-state index < -0.39 is 0 Å². The first kappa shape index (κ1) is 13.5. The summed E-state index contributed by atoms with van der Waals surface area (Å²) in [5.41, 5.74) is 7.72. The van der Waals surface area contributed by atoms with Crippen molar-refractivity contribution in [2.45, 2.75) is 26.2 Å². The van der Waals surface area contributed by atoms with Gasteiger partial charge in [-0.3, -0.25) is 10.1 Å². The molecule has 0 radical (unpaired) electrons. The highest BCUT2D eigenvalue weighted by molar-refractivity contribution is 7.14. The minimum Gasteiger partial charge on any atom is -0.399 e. The first-order valence-electron chi connectivity index (χ1n) is 5.99. The molecular formula is C14H17N3OS. The van der Waals surface area contributed by atoms with Gasteiger partial charge in [0, 0.05) is 22.0 Å². The molecule has 3 N–H and O–H groups in total. The highest BCUT2D eigenvalue weighted by atomic mass is 32.1. The quantitative estimate of drug-likeness (QED) is 0.826. The summed E-state index contributed by atoms with van der Waals surface area (Å²) in [5.74, 6) is -0.192. The Kier molecular flexibility index (Phi) is 3.57. The number of nitrogens with zero attached hydrogens (tertiary/aromatic N) is 1. The summed E-state index contributed by atoms with van der Waals surface area (Å²) >= 11 is 1.43. The summed E-state index contributed by atoms with van der Waals surface area (Å²) in [7, 11) is 0. The minimum absolute atomic E-state index is 0.0172. The molecule has 1 aromatic carbocycles. The molecule has 0 fully saturated rings. The molecule has 2 aromatic rings. The summed E-state index contributed by atoms with van der Waals surface area (Å²) in [6.07, 6.45) is 0. The summed E-state index contributed by atoms with van der Waals surface area (Å²) < 4.78 is 0. The smallest absolute Gasteiger partial charge is 0.257 e. The van der Waals surface area contributed by atoms with Crippen molar-refractivity contribution < 1.29 is 4.79 Å². The molecule has 0 bridgehead atoms. The van der Waals surface area contributed by atoms with Gasteiger partial charge in [-0.05, 0) is 18.2 Å². The molecule has 0 unspecified atom stereocenters. The van der Waals surface area contributed by atoms with E-state index in [4.69, 9.17) is 5.73 Å². The lowest BCUT2D eigenvalue weighted by molar-refractivity contribution is 0.102. The van der Waals surface area contributed by atoms with Crippen molar-refractivity contribution in [3.8, 4) is 0 Å². The number of aromatic nitrogens is 1. The minimum atomic E-state index is -0.192. The average molecular weight is 275 g/mol. The third-order valence-electron chi connectivity index (χ3n) is 2.64. The van der Waals surface area contributed by atoms with Crippen LogP contribution in [0.2, 0.25) is 0 Å². The number of thiazole rings is 1. The van der Waals surface area contributed by atoms with E-state index in [1.54, 1.807) is 24.3 Å². The second-order valence-electron chi connectivity index (χ2n) is 5.37. The fourth-order valence-electron chi connectivity index (χ4n) is 1.52. The van der Waals surface area contributed by atoms with Crippen LogP contribution in [0.25, 0.3) is 0 Å². The Hall–Kier alpha value is -1.88. The van der Waals surface area contributed by atoms with E-state index in [1.807, 2.05) is 5.38 Å². The first-order valence-corrected chi connectivity index (χ1v) is 6.87. The van der Waals surface area contributed by atoms with Crippen LogP contribution in [0.3, 0.4) is 0 Å². The van der Waals surface area contributed by atoms with Gasteiger partial charge >= 0.3 is 0 Å². The number of benzene rings is 1. The molecule has 1 heterocycles. The van der Waals surface area contributed by atoms with Crippen molar-refractivity contribution in [2.75, 3.05) is 11.1 Å². The lowest BCUT2D eigenvalue weighted by atomic mass is 9.93. The number of nitrogen functional groups attached to an aromatic ring is 1. The van der Waals surface area contributed by atoms with Crippen LogP contribution in [0, 0.1) is 0 Å². The first-order chi connectivity index (χ1) is 8.86. The number of carbonyl (C=O) groups excluding carboxylic acids is 1. The molecular weight excluding hydrogens is 258 g/mol. The number of amides is 1. The van der Waals surface area contributed by atoms with Crippen LogP contribution < -0.4 is 11.1 Å². The topological polar surface area (TPSA) is 68.0 Å². The number of rotatable bonds is 2. The summed E-state index contributed by atoms with van der Waals surface area (Å²) in [5, 5.41) is 5.37. The molecule has 19 heavy (non-hydrogen) atoms. The maximum absolute atomic E-state index is 12.0. The Morgan fingerprint density at radius 3 is 2.68 bits per heavy atom. The number of nitrogens with one attached hydrogen (secondary N) is 1. The maximum atomic E-state index is 12.0. The molecule has 2 rings (SSSR count). The number of hydrogen-bond acceptors (Lipinski definition) is 4. The Morgan fingerprint density at radius 1 is 1.37 bits per heavy atom. The SMILES string of the molecule is CC(C)(C)c1csc(NC(=O)c2cccc(N)c2)n1. The largest absolute Gasteiger partial charge is 0.399 e. The van der Waals surface area contributed by atoms with Crippen LogP contribution in [-0.4, -0.2) is 10.9 Å². The van der Waals surface area contributed by atoms with Gasteiger partial charge in [-0.1, -0.05) is 26.8 Å². The van der Waals surface area contributed by atoms with Crippen molar-refractivity contribution in [1.82, 2.24) is 4.98 Å². The number of nitrogens with two attached hydrogens (primary N) is 1. The van der Waals surface area contributed by atoms with Gasteiger partial charge in [0.1, 0.15) is 0 Å². The molecule has 4 nitrogen and oxygen atoms in total. The summed E-state index contributed by atoms with van der Waals surface area (Å²) in [4.78, 5) is 16.4. The van der Waals surface area contributed by atoms with Crippen LogP contribution >= 0.6 is 11.3 Å². The van der Waals surface area contributed by atoms with Gasteiger partial charge in [0.25, 0.3) is 5.91 Å². The molecule has 0 saturated heterocycles. The van der Waals surface area contributed by atoms with Crippen molar-refractivity contribution in [3.63, 3.8) is 0 Å². The molecule has 5 heteroatoms. The third kappa shape index (κ3) is 3.32. The second kappa shape index (κ2) is 5.01. The fourth-order valence-corrected chi connectivity index (χ4v) is 2.46. The number of anilines is 2. The van der Waals surface area contributed by atoms with E-state index >= 15 is 0 Å². The Morgan fingerprint density at radius 2 is 2.11 bits per heavy atom. The second-order valence-corrected chi connectivity index (χ2v) is 6.23. The fraction of sp³-hybridized carbons (Fsp3) is 0.286. The van der Waals surface area contributed by atoms with Crippen LogP contribution in [0.4, 0.5) is 10.8 Å². The van der Waals surface area contributed by atoms with Crippen LogP contribution in [0.15, 0.2) is 29.6 Å². The van der Waals surface area contributed by atoms with Crippen molar-refractivity contribution in [3.05, 3.63) is 40.9 Å². The highest BCUT2D eigenvalue weighted by Crippen LogP contribution is 2.26. The summed E-state index contributed by atoms with van der Waals surface area (Å²) in [6.45, 7) is 6.27. The lowest BCUT2D eigenvalue weighted by Crippen LogP contribution is -2.14. The van der Waals surface area contributed by atoms with Gasteiger partial charge in [0.2, 0.25) is 0 Å². The normalized spacial score (nSPS) is 11.3. The average Bonchev–Trinajstić information content (AvgIpc) is 2.77. The predicted molar refractivity (Wildman–Crippen MR) is 79.6 cm³/mol. The molecule has 0 spiro atoms. The lowest BCUT2D eigenvalue weighted by Gasteiger charge is -2.14. The molecule has 0 aliphatic heterocycles. The molecule has 0 aliphatic rings. The zero-order valence-electron chi connectivity index (χ0n) is 11.2. The molecule has 1 amide bonds. The van der Waals surface area contributed by atoms with Crippen molar-refractivity contribution in [1.29, 1.82) is 0 Å². The molecule has 0 saturated carbocycles. The Labute approximate surface area is 116 Å². The van der Waals surface area contributed by atoms with E-state index in [1.165, 1.54) is 11.3 Å². The standard InChI is InChI=1S/C14H17N3OS/c1-14(2,3)11-8-19-13(16-11)17-12(18)9-5-4-6-10(15)7-9/h4-8H,15H2,1-3H3,(H,16,17,18). The van der Waals surface area contributed by atoms with E-state index in [9.17, 15) is 4.79 Å². The molecule has 0 atom stereocenters. The van der Waals surface area contributed by atoms with E-state index in [-0.39, 0.29) is 11.3 Å². The van der Waals surface area contributed by atoms with Crippen molar-refractivity contribution >= 4 is 28.1 Å². The van der Waals surface area contributed by atoms with E-state index in [0.29, 0.717) is 16.4 Å². The molecule has 100 valence electrons. The van der Waals surface area contributed by atoms with Crippen LogP contribution in [0.5, 0.6) is 0 Å². The van der Waals surface area contributed by atoms with E-state index in [0.717, 1.165) is 5.69 Å². The van der Waals surface area contributed by atoms with Gasteiger partial charge in [-0.15, -0.1) is 11.3 Å². The predicted octanol–water partition coefficient (Wildman–Crippen LogP) is 3.28. The summed E-state index contributed by atoms with van der Waals surface area (Å²) in [6, 6.07) is 6.88. The maximum Gasteiger partial charge on any atom is 0.257 e. The molecule has 0 aliphatic carbocycles. The van der Waals surface area contributed by atoms with Gasteiger partial charge in [-0.25, -0.2) is 4.98 Å². The number of hydrogen-bond donors (Lipinski definition) is 2. The highest BCUT2D eigenvalue weighted by Gasteiger charge is 2.18. The van der Waals surface area contributed by atoms with Gasteiger partial charge in [0.05, 0.1) is 5.69 Å². The zero-order chi connectivity index (χ0) is 14.0. The molecule has 1 aromatic heterocycles. The van der Waals surface area contributed by atoms with Crippen molar-refractivity contribution in [2.24, 2.45) is 0 Å². The monoisotopic (exact) mass is 275 g/mol. The third-order valence-corrected chi connectivity index (χ3v) is 3.40. The Bertz CT molecular complexity index is 599. The van der Waals surface area contributed by atoms with Crippen LogP contribution in [0.1, 0.15) is 36.8 Å². The Balaban J connectivity index is 2.13. The number of carbonyl (C=O) groups is 1. The van der Waals surface area contributed by atoms with E-state index in [2.05, 4.69) is 31.1 Å². The van der Waals surface area contributed by atoms with Crippen LogP contribution in [-0.2, 0) is 5.41 Å². The van der Waals surface area contributed by atoms with Gasteiger partial charge in [0.15, 0.2) is 5.13 Å². The van der Waals surface area contributed by atoms with Gasteiger partial charge < -0.3 is 5.73 Å². The van der Waals surface area contributed by atoms with Gasteiger partial charge in [-0.2, -0.15) is 0 Å². The zero-order valence-corrected chi connectivity index (χ0v) is 12.0.